The molecule has 27 heavy (non-hydrogen) atoms. The fraction of sp³-hybridized carbons (Fsp3) is 0.647. The van der Waals surface area contributed by atoms with Crippen molar-refractivity contribution in [3.63, 3.8) is 0 Å². The number of carboxylic acids is 1. The molecule has 10 nitrogen and oxygen atoms in total. The summed E-state index contributed by atoms with van der Waals surface area (Å²) >= 11 is 0. The number of carbonyl (C=O) groups is 4. The van der Waals surface area contributed by atoms with Crippen molar-refractivity contribution in [1.82, 2.24) is 10.2 Å². The van der Waals surface area contributed by atoms with Crippen molar-refractivity contribution in [2.45, 2.75) is 56.9 Å². The molecule has 0 unspecified atom stereocenters. The molecule has 150 valence electrons. The van der Waals surface area contributed by atoms with E-state index in [1.165, 1.54) is 6.08 Å². The first-order chi connectivity index (χ1) is 12.4. The minimum atomic E-state index is -1.53. The quantitative estimate of drug-likeness (QED) is 0.474. The summed E-state index contributed by atoms with van der Waals surface area (Å²) in [6.45, 7) is 8.34. The number of rotatable bonds is 5. The van der Waals surface area contributed by atoms with Crippen molar-refractivity contribution in [2.75, 3.05) is 6.54 Å². The summed E-state index contributed by atoms with van der Waals surface area (Å²) in [6.07, 6.45) is -1.69. The van der Waals surface area contributed by atoms with Gasteiger partial charge in [0.15, 0.2) is 0 Å². The van der Waals surface area contributed by atoms with E-state index in [1.807, 2.05) is 0 Å². The molecule has 1 saturated heterocycles. The van der Waals surface area contributed by atoms with Crippen molar-refractivity contribution in [3.8, 4) is 0 Å². The Morgan fingerprint density at radius 3 is 2.33 bits per heavy atom. The van der Waals surface area contributed by atoms with Gasteiger partial charge >= 0.3 is 18.2 Å². The Bertz CT molecular complexity index is 670. The first-order valence-corrected chi connectivity index (χ1v) is 8.47. The molecule has 10 heteroatoms. The minimum Gasteiger partial charge on any atom is -0.479 e. The number of aliphatic carboxylic acids is 1. The molecule has 3 N–H and O–H groups in total. The summed E-state index contributed by atoms with van der Waals surface area (Å²) in [6, 6.07) is -1.11. The average Bonchev–Trinajstić information content (AvgIpc) is 3.06. The van der Waals surface area contributed by atoms with E-state index < -0.39 is 53.3 Å². The zero-order valence-corrected chi connectivity index (χ0v) is 15.4. The van der Waals surface area contributed by atoms with Gasteiger partial charge in [-0.25, -0.2) is 14.4 Å². The molecular formula is C17H24N2O8. The molecular weight excluding hydrogens is 360 g/mol. The lowest BCUT2D eigenvalue weighted by atomic mass is 10.1. The van der Waals surface area contributed by atoms with E-state index in [2.05, 4.69) is 11.9 Å². The molecule has 0 spiro atoms. The molecule has 0 radical (unpaired) electrons. The van der Waals surface area contributed by atoms with Gasteiger partial charge in [0.25, 0.3) is 0 Å². The van der Waals surface area contributed by atoms with E-state index in [1.54, 1.807) is 20.8 Å². The molecule has 1 saturated carbocycles. The molecule has 1 aliphatic heterocycles. The fourth-order valence-corrected chi connectivity index (χ4v) is 3.12. The van der Waals surface area contributed by atoms with Crippen LogP contribution < -0.4 is 5.32 Å². The molecule has 4 atom stereocenters. The molecule has 0 aromatic carbocycles. The summed E-state index contributed by atoms with van der Waals surface area (Å²) < 4.78 is 9.95. The Morgan fingerprint density at radius 1 is 1.26 bits per heavy atom. The number of carboxylic acid groups (broad SMARTS) is 2. The fourth-order valence-electron chi connectivity index (χ4n) is 3.12. The molecule has 2 aliphatic rings. The predicted molar refractivity (Wildman–Crippen MR) is 91.1 cm³/mol. The summed E-state index contributed by atoms with van der Waals surface area (Å²) in [5, 5.41) is 20.7. The van der Waals surface area contributed by atoms with Crippen LogP contribution in [0.4, 0.5) is 9.59 Å². The number of hydrogen-bond donors (Lipinski definition) is 3. The van der Waals surface area contributed by atoms with E-state index in [9.17, 15) is 24.3 Å². The van der Waals surface area contributed by atoms with Gasteiger partial charge in [-0.2, -0.15) is 0 Å². The van der Waals surface area contributed by atoms with Gasteiger partial charge in [0.1, 0.15) is 23.3 Å². The van der Waals surface area contributed by atoms with Crippen LogP contribution in [0.2, 0.25) is 0 Å². The van der Waals surface area contributed by atoms with Gasteiger partial charge in [-0.05, 0) is 27.2 Å². The third kappa shape index (κ3) is 4.50. The average molecular weight is 384 g/mol. The van der Waals surface area contributed by atoms with E-state index in [0.717, 1.165) is 4.90 Å². The lowest BCUT2D eigenvalue weighted by Crippen LogP contribution is -2.53. The van der Waals surface area contributed by atoms with Gasteiger partial charge in [0.2, 0.25) is 5.91 Å². The maximum Gasteiger partial charge on any atom is 0.506 e. The summed E-state index contributed by atoms with van der Waals surface area (Å²) in [5.41, 5.74) is -2.28. The zero-order valence-electron chi connectivity index (χ0n) is 15.4. The van der Waals surface area contributed by atoms with E-state index in [0.29, 0.717) is 0 Å². The lowest BCUT2D eigenvalue weighted by Gasteiger charge is -2.28. The van der Waals surface area contributed by atoms with Crippen LogP contribution in [0.1, 0.15) is 33.6 Å². The molecule has 0 bridgehead atoms. The standard InChI is InChI=1S/C17H24N2O8/c1-5-9-7-17(9,13(21)22)18-12(20)11-6-10(26-15(24)25)8-19(11)14(23)27-16(2,3)4/h5,9-11H,1,6-8H2,2-4H3,(H,18,20)(H,21,22)(H,24,25)/t9-,10-,11+,17-/m1/s1. The third-order valence-corrected chi connectivity index (χ3v) is 4.49. The highest BCUT2D eigenvalue weighted by Crippen LogP contribution is 2.44. The van der Waals surface area contributed by atoms with Gasteiger partial charge in [-0.1, -0.05) is 6.08 Å². The van der Waals surface area contributed by atoms with Crippen LogP contribution in [0.25, 0.3) is 0 Å². The van der Waals surface area contributed by atoms with Gasteiger partial charge in [-0.3, -0.25) is 9.69 Å². The second-order valence-electron chi connectivity index (χ2n) is 7.70. The molecule has 0 aromatic rings. The number of ether oxygens (including phenoxy) is 2. The largest absolute Gasteiger partial charge is 0.506 e. The number of nitrogens with zero attached hydrogens (tertiary/aromatic N) is 1. The molecule has 2 fully saturated rings. The van der Waals surface area contributed by atoms with E-state index in [4.69, 9.17) is 14.6 Å². The van der Waals surface area contributed by atoms with Gasteiger partial charge in [0, 0.05) is 12.3 Å². The summed E-state index contributed by atoms with van der Waals surface area (Å²) in [7, 11) is 0. The van der Waals surface area contributed by atoms with Crippen LogP contribution in [-0.4, -0.2) is 69.1 Å². The number of hydrogen-bond acceptors (Lipinski definition) is 6. The number of nitrogens with one attached hydrogen (secondary N) is 1. The maximum atomic E-state index is 12.7. The van der Waals surface area contributed by atoms with Crippen LogP contribution in [0.3, 0.4) is 0 Å². The SMILES string of the molecule is C=C[C@@H]1C[C@]1(NC(=O)[C@@H]1C[C@@H](OC(=O)O)CN1C(=O)OC(C)(C)C)C(=O)O. The van der Waals surface area contributed by atoms with Crippen molar-refractivity contribution in [2.24, 2.45) is 5.92 Å². The van der Waals surface area contributed by atoms with Gasteiger partial charge in [0.05, 0.1) is 6.54 Å². The highest BCUT2D eigenvalue weighted by Gasteiger charge is 2.61. The number of amides is 2. The van der Waals surface area contributed by atoms with Crippen LogP contribution in [-0.2, 0) is 19.1 Å². The molecule has 0 aromatic heterocycles. The first kappa shape index (κ1) is 20.5. The number of carbonyl (C=O) groups excluding carboxylic acids is 2. The Morgan fingerprint density at radius 2 is 1.89 bits per heavy atom. The lowest BCUT2D eigenvalue weighted by molar-refractivity contribution is -0.144. The minimum absolute atomic E-state index is 0.0914. The third-order valence-electron chi connectivity index (χ3n) is 4.49. The normalized spacial score (nSPS) is 29.6. The molecule has 1 heterocycles. The van der Waals surface area contributed by atoms with E-state index in [-0.39, 0.29) is 19.4 Å². The summed E-state index contributed by atoms with van der Waals surface area (Å²) in [4.78, 5) is 48.6. The van der Waals surface area contributed by atoms with Crippen LogP contribution in [0, 0.1) is 5.92 Å². The highest BCUT2D eigenvalue weighted by molar-refractivity contribution is 5.94. The van der Waals surface area contributed by atoms with Crippen molar-refractivity contribution in [1.29, 1.82) is 0 Å². The predicted octanol–water partition coefficient (Wildman–Crippen LogP) is 1.20. The van der Waals surface area contributed by atoms with E-state index >= 15 is 0 Å². The highest BCUT2D eigenvalue weighted by atomic mass is 16.7. The van der Waals surface area contributed by atoms with Gasteiger partial charge in [-0.15, -0.1) is 6.58 Å². The monoisotopic (exact) mass is 384 g/mol. The Kier molecular flexibility index (Phi) is 5.39. The number of likely N-dealkylation sites (tertiary alicyclic amines) is 1. The zero-order chi connectivity index (χ0) is 20.6. The molecule has 1 aliphatic carbocycles. The van der Waals surface area contributed by atoms with Crippen molar-refractivity contribution < 1.29 is 38.9 Å². The van der Waals surface area contributed by atoms with Crippen molar-refractivity contribution >= 4 is 24.1 Å². The smallest absolute Gasteiger partial charge is 0.479 e. The van der Waals surface area contributed by atoms with Crippen molar-refractivity contribution in [3.05, 3.63) is 12.7 Å². The maximum absolute atomic E-state index is 12.7. The van der Waals surface area contributed by atoms with Crippen LogP contribution in [0.5, 0.6) is 0 Å². The van der Waals surface area contributed by atoms with Gasteiger partial charge < -0.3 is 25.0 Å². The second kappa shape index (κ2) is 7.09. The summed E-state index contributed by atoms with van der Waals surface area (Å²) in [5.74, 6) is -2.31. The second-order valence-corrected chi connectivity index (χ2v) is 7.70. The molecule has 2 amide bonds. The Labute approximate surface area is 156 Å². The van der Waals surface area contributed by atoms with Crippen LogP contribution in [0.15, 0.2) is 12.7 Å². The Hall–Kier alpha value is -2.78. The van der Waals surface area contributed by atoms with Crippen LogP contribution >= 0.6 is 0 Å². The Balaban J connectivity index is 2.17. The first-order valence-electron chi connectivity index (χ1n) is 8.47. The molecule has 2 rings (SSSR count). The topological polar surface area (TPSA) is 142 Å².